The molecule has 0 bridgehead atoms. The molecule has 0 spiro atoms. The lowest BCUT2D eigenvalue weighted by atomic mass is 10.0. The number of hydrogen-bond acceptors (Lipinski definition) is 15. The van der Waals surface area contributed by atoms with Gasteiger partial charge in [0, 0.05) is 25.7 Å². The average molecular weight is 1210 g/mol. The Kier molecular flexibility index (Phi) is 55.5. The molecule has 5 atom stereocenters. The Morgan fingerprint density at radius 2 is 0.561 bits per heavy atom. The van der Waals surface area contributed by atoms with Crippen molar-refractivity contribution in [3.63, 3.8) is 0 Å². The fourth-order valence-corrected chi connectivity index (χ4v) is 11.0. The van der Waals surface area contributed by atoms with Gasteiger partial charge in [-0.15, -0.1) is 0 Å². The smallest absolute Gasteiger partial charge is 0.462 e. The van der Waals surface area contributed by atoms with Gasteiger partial charge in [0.2, 0.25) is 0 Å². The van der Waals surface area contributed by atoms with Crippen LogP contribution in [0.1, 0.15) is 317 Å². The maximum absolute atomic E-state index is 13.0. The summed E-state index contributed by atoms with van der Waals surface area (Å²) in [6.45, 7) is 7.05. The van der Waals surface area contributed by atoms with Crippen molar-refractivity contribution < 1.29 is 80.2 Å². The fraction of sp³-hybridized carbons (Fsp3) is 0.937. The molecule has 0 saturated carbocycles. The number of esters is 4. The second kappa shape index (κ2) is 56.8. The van der Waals surface area contributed by atoms with Crippen LogP contribution in [0.5, 0.6) is 0 Å². The lowest BCUT2D eigenvalue weighted by Gasteiger charge is -2.21. The highest BCUT2D eigenvalue weighted by atomic mass is 31.2. The minimum Gasteiger partial charge on any atom is -0.462 e. The van der Waals surface area contributed by atoms with Gasteiger partial charge in [-0.25, -0.2) is 9.13 Å². The summed E-state index contributed by atoms with van der Waals surface area (Å²) in [6.07, 6.45) is 40.8. The van der Waals surface area contributed by atoms with Gasteiger partial charge in [0.05, 0.1) is 26.4 Å². The highest BCUT2D eigenvalue weighted by Gasteiger charge is 2.30. The first-order valence-electron chi connectivity index (χ1n) is 33.1. The number of aliphatic hydroxyl groups excluding tert-OH is 1. The minimum absolute atomic E-state index is 0.103. The van der Waals surface area contributed by atoms with E-state index < -0.39 is 97.5 Å². The van der Waals surface area contributed by atoms with E-state index >= 15 is 0 Å². The Balaban J connectivity index is 5.13. The summed E-state index contributed by atoms with van der Waals surface area (Å²) in [5, 5.41) is 10.5. The molecule has 0 fully saturated rings. The summed E-state index contributed by atoms with van der Waals surface area (Å²) in [5.74, 6) is -1.44. The van der Waals surface area contributed by atoms with Crippen molar-refractivity contribution in [3.05, 3.63) is 0 Å². The Morgan fingerprint density at radius 1 is 0.329 bits per heavy atom. The van der Waals surface area contributed by atoms with E-state index in [-0.39, 0.29) is 25.7 Å². The Labute approximate surface area is 498 Å². The van der Waals surface area contributed by atoms with Crippen LogP contribution >= 0.6 is 15.6 Å². The maximum atomic E-state index is 13.0. The van der Waals surface area contributed by atoms with Crippen molar-refractivity contribution in [2.75, 3.05) is 39.6 Å². The summed E-state index contributed by atoms with van der Waals surface area (Å²) in [6, 6.07) is 0. The third-order valence-electron chi connectivity index (χ3n) is 14.5. The lowest BCUT2D eigenvalue weighted by Crippen LogP contribution is -2.30. The molecule has 0 radical (unpaired) electrons. The molecule has 0 rings (SSSR count). The van der Waals surface area contributed by atoms with E-state index in [0.29, 0.717) is 31.6 Å². The Bertz CT molecular complexity index is 1600. The largest absolute Gasteiger partial charge is 0.472 e. The zero-order chi connectivity index (χ0) is 60.6. The Morgan fingerprint density at radius 3 is 0.829 bits per heavy atom. The molecule has 0 aliphatic carbocycles. The zero-order valence-corrected chi connectivity index (χ0v) is 54.4. The maximum Gasteiger partial charge on any atom is 0.472 e. The van der Waals surface area contributed by atoms with E-state index in [1.807, 2.05) is 0 Å². The molecular weight excluding hydrogens is 1090 g/mol. The lowest BCUT2D eigenvalue weighted by molar-refractivity contribution is -0.161. The van der Waals surface area contributed by atoms with Gasteiger partial charge in [-0.1, -0.05) is 266 Å². The molecule has 3 N–H and O–H groups in total. The number of ether oxygens (including phenoxy) is 4. The summed E-state index contributed by atoms with van der Waals surface area (Å²) in [7, 11) is -9.87. The van der Waals surface area contributed by atoms with Crippen molar-refractivity contribution in [1.29, 1.82) is 0 Å². The summed E-state index contributed by atoms with van der Waals surface area (Å²) < 4.78 is 67.7. The first-order chi connectivity index (χ1) is 39.5. The molecule has 0 aromatic heterocycles. The van der Waals surface area contributed by atoms with Gasteiger partial charge < -0.3 is 33.8 Å². The molecule has 0 aliphatic heterocycles. The van der Waals surface area contributed by atoms with Crippen molar-refractivity contribution in [2.24, 2.45) is 5.92 Å². The topological polar surface area (TPSA) is 237 Å². The van der Waals surface area contributed by atoms with Gasteiger partial charge in [-0.05, 0) is 31.6 Å². The number of phosphoric acid groups is 2. The van der Waals surface area contributed by atoms with Crippen LogP contribution in [-0.4, -0.2) is 96.7 Å². The van der Waals surface area contributed by atoms with E-state index in [9.17, 15) is 43.2 Å². The predicted octanol–water partition coefficient (Wildman–Crippen LogP) is 17.4. The first kappa shape index (κ1) is 80.1. The van der Waals surface area contributed by atoms with E-state index in [1.54, 1.807) is 0 Å². The molecule has 0 aromatic carbocycles. The van der Waals surface area contributed by atoms with E-state index in [0.717, 1.165) is 122 Å². The summed E-state index contributed by atoms with van der Waals surface area (Å²) in [4.78, 5) is 71.9. The van der Waals surface area contributed by atoms with Crippen molar-refractivity contribution in [1.82, 2.24) is 0 Å². The van der Waals surface area contributed by atoms with Crippen LogP contribution in [0.2, 0.25) is 0 Å². The van der Waals surface area contributed by atoms with Crippen LogP contribution in [0.25, 0.3) is 0 Å². The number of hydrogen-bond donors (Lipinski definition) is 3. The number of phosphoric ester groups is 2. The van der Waals surface area contributed by atoms with Crippen molar-refractivity contribution in [3.8, 4) is 0 Å². The first-order valence-corrected chi connectivity index (χ1v) is 36.1. The van der Waals surface area contributed by atoms with Gasteiger partial charge in [-0.2, -0.15) is 0 Å². The number of unbranched alkanes of at least 4 members (excludes halogenated alkanes) is 35. The van der Waals surface area contributed by atoms with Crippen LogP contribution in [0.4, 0.5) is 0 Å². The third-order valence-corrected chi connectivity index (χ3v) is 16.4. The zero-order valence-electron chi connectivity index (χ0n) is 52.6. The van der Waals surface area contributed by atoms with Gasteiger partial charge >= 0.3 is 39.5 Å². The fourth-order valence-electron chi connectivity index (χ4n) is 9.41. The van der Waals surface area contributed by atoms with Gasteiger partial charge in [-0.3, -0.25) is 37.3 Å². The molecule has 0 aliphatic rings. The van der Waals surface area contributed by atoms with E-state index in [4.69, 9.17) is 37.0 Å². The SMILES string of the molecule is CCCCCCCCCCCCCCCCCCCCC(=O)O[C@H](COC(=O)CCCCCCCCCC(C)C)COP(=O)(O)OC[C@@H](O)COP(=O)(O)OC[C@@H](COC(=O)CCCCCCCCC)OC(=O)CCCCCCCCC. The highest BCUT2D eigenvalue weighted by Crippen LogP contribution is 2.45. The quantitative estimate of drug-likeness (QED) is 0.0222. The number of rotatable bonds is 63. The second-order valence-corrected chi connectivity index (χ2v) is 26.2. The van der Waals surface area contributed by atoms with Crippen molar-refractivity contribution in [2.45, 2.75) is 335 Å². The molecule has 0 saturated heterocycles. The average Bonchev–Trinajstić information content (AvgIpc) is 3.49. The van der Waals surface area contributed by atoms with Crippen LogP contribution in [-0.2, 0) is 65.4 Å². The van der Waals surface area contributed by atoms with Gasteiger partial charge in [0.15, 0.2) is 12.2 Å². The minimum atomic E-state index is -4.94. The van der Waals surface area contributed by atoms with Gasteiger partial charge in [0.25, 0.3) is 0 Å². The predicted molar refractivity (Wildman–Crippen MR) is 326 cm³/mol. The van der Waals surface area contributed by atoms with E-state index in [1.165, 1.54) is 109 Å². The molecule has 82 heavy (non-hydrogen) atoms. The number of carbonyl (C=O) groups is 4. The molecule has 0 heterocycles. The standard InChI is InChI=1S/C63H122O17P2/c1-6-9-12-15-18-19-20-21-22-23-24-25-26-27-28-33-39-44-49-63(68)80-59(53-74-61(66)47-42-37-34-29-32-35-40-45-56(4)5)55-78-82(71,72)76-51-57(64)50-75-81(69,70)77-54-58(79-62(67)48-43-38-31-17-14-11-8-3)52-73-60(65)46-41-36-30-16-13-10-7-2/h56-59,64H,6-55H2,1-5H3,(H,69,70)(H,71,72)/t57-,58+,59+/m0/s1. The second-order valence-electron chi connectivity index (χ2n) is 23.3. The van der Waals surface area contributed by atoms with Gasteiger partial charge in [0.1, 0.15) is 19.3 Å². The van der Waals surface area contributed by atoms with Crippen molar-refractivity contribution >= 4 is 39.5 Å². The molecule has 0 aromatic rings. The highest BCUT2D eigenvalue weighted by molar-refractivity contribution is 7.47. The summed E-state index contributed by atoms with van der Waals surface area (Å²) >= 11 is 0. The van der Waals surface area contributed by atoms with E-state index in [2.05, 4.69) is 34.6 Å². The van der Waals surface area contributed by atoms with Crippen LogP contribution < -0.4 is 0 Å². The number of aliphatic hydroxyl groups is 1. The molecule has 486 valence electrons. The molecule has 0 amide bonds. The molecule has 2 unspecified atom stereocenters. The van der Waals surface area contributed by atoms with Crippen LogP contribution in [0, 0.1) is 5.92 Å². The Hall–Kier alpha value is -1.94. The summed E-state index contributed by atoms with van der Waals surface area (Å²) in [5.41, 5.74) is 0. The molecule has 17 nitrogen and oxygen atoms in total. The van der Waals surface area contributed by atoms with Crippen LogP contribution in [0.3, 0.4) is 0 Å². The molecular formula is C63H122O17P2. The normalized spacial score (nSPS) is 14.3. The third kappa shape index (κ3) is 57.2. The van der Waals surface area contributed by atoms with Crippen LogP contribution in [0.15, 0.2) is 0 Å². The monoisotopic (exact) mass is 1210 g/mol. The molecule has 19 heteroatoms. The number of carbonyl (C=O) groups excluding carboxylic acids is 4.